The minimum absolute atomic E-state index is 0.146. The molecule has 0 saturated heterocycles. The molecular formula is C12H15ClN2OS. The van der Waals surface area contributed by atoms with Gasteiger partial charge >= 0.3 is 0 Å². The molecule has 3 nitrogen and oxygen atoms in total. The summed E-state index contributed by atoms with van der Waals surface area (Å²) in [6.45, 7) is 0.710. The Morgan fingerprint density at radius 2 is 2.35 bits per heavy atom. The van der Waals surface area contributed by atoms with Gasteiger partial charge in [0.1, 0.15) is 10.8 Å². The number of rotatable bonds is 4. The molecule has 0 unspecified atom stereocenters. The zero-order valence-corrected chi connectivity index (χ0v) is 11.3. The highest BCUT2D eigenvalue weighted by Crippen LogP contribution is 2.42. The molecule has 17 heavy (non-hydrogen) atoms. The minimum atomic E-state index is -0.146. The Morgan fingerprint density at radius 3 is 2.88 bits per heavy atom. The highest BCUT2D eigenvalue weighted by Gasteiger charge is 2.36. The van der Waals surface area contributed by atoms with Gasteiger partial charge in [0.05, 0.1) is 0 Å². The zero-order chi connectivity index (χ0) is 12.3. The third kappa shape index (κ3) is 2.93. The fourth-order valence-corrected chi connectivity index (χ4v) is 2.97. The molecule has 0 radical (unpaired) electrons. The molecule has 0 aliphatic heterocycles. The first-order valence-corrected chi connectivity index (χ1v) is 7.21. The van der Waals surface area contributed by atoms with Gasteiger partial charge in [-0.1, -0.05) is 24.1 Å². The van der Waals surface area contributed by atoms with Gasteiger partial charge in [0.2, 0.25) is 0 Å². The van der Waals surface area contributed by atoms with E-state index in [9.17, 15) is 4.79 Å². The van der Waals surface area contributed by atoms with Crippen molar-refractivity contribution in [2.24, 2.45) is 0 Å². The average molecular weight is 271 g/mol. The lowest BCUT2D eigenvalue weighted by molar-refractivity contribution is 0.0939. The number of hydrogen-bond acceptors (Lipinski definition) is 3. The predicted molar refractivity (Wildman–Crippen MR) is 71.7 cm³/mol. The van der Waals surface area contributed by atoms with Crippen LogP contribution < -0.4 is 5.32 Å². The molecule has 0 spiro atoms. The molecule has 0 aromatic carbocycles. The largest absolute Gasteiger partial charge is 0.349 e. The van der Waals surface area contributed by atoms with Crippen molar-refractivity contribution in [3.63, 3.8) is 0 Å². The summed E-state index contributed by atoms with van der Waals surface area (Å²) in [4.78, 5) is 15.8. The summed E-state index contributed by atoms with van der Waals surface area (Å²) in [6, 6.07) is 5.07. The average Bonchev–Trinajstić information content (AvgIpc) is 2.28. The van der Waals surface area contributed by atoms with Gasteiger partial charge in [-0.15, -0.1) is 0 Å². The van der Waals surface area contributed by atoms with Crippen molar-refractivity contribution >= 4 is 29.3 Å². The molecule has 1 aromatic heterocycles. The number of carbonyl (C=O) groups is 1. The van der Waals surface area contributed by atoms with E-state index in [1.807, 2.05) is 11.8 Å². The summed E-state index contributed by atoms with van der Waals surface area (Å²) in [5.41, 5.74) is 0.382. The molecule has 1 saturated carbocycles. The first-order chi connectivity index (χ1) is 8.15. The second-order valence-electron chi connectivity index (χ2n) is 4.27. The molecule has 0 bridgehead atoms. The summed E-state index contributed by atoms with van der Waals surface area (Å²) in [5, 5.41) is 3.29. The Balaban J connectivity index is 1.93. The van der Waals surface area contributed by atoms with Crippen LogP contribution in [0.25, 0.3) is 0 Å². The maximum atomic E-state index is 11.9. The Bertz CT molecular complexity index is 415. The summed E-state index contributed by atoms with van der Waals surface area (Å²) >= 11 is 7.59. The Hall–Kier alpha value is -0.740. The first kappa shape index (κ1) is 12.7. The van der Waals surface area contributed by atoms with Crippen molar-refractivity contribution < 1.29 is 4.79 Å². The maximum Gasteiger partial charge on any atom is 0.269 e. The quantitative estimate of drug-likeness (QED) is 0.856. The zero-order valence-electron chi connectivity index (χ0n) is 9.70. The van der Waals surface area contributed by atoms with Gasteiger partial charge in [0, 0.05) is 11.3 Å². The van der Waals surface area contributed by atoms with Crippen LogP contribution in [-0.4, -0.2) is 28.4 Å². The van der Waals surface area contributed by atoms with Crippen molar-refractivity contribution in [2.45, 2.75) is 24.0 Å². The summed E-state index contributed by atoms with van der Waals surface area (Å²) in [7, 11) is 0. The molecule has 1 aliphatic rings. The van der Waals surface area contributed by atoms with Gasteiger partial charge in [-0.3, -0.25) is 4.79 Å². The van der Waals surface area contributed by atoms with Crippen LogP contribution in [0.5, 0.6) is 0 Å². The van der Waals surface area contributed by atoms with Crippen molar-refractivity contribution in [2.75, 3.05) is 12.8 Å². The smallest absolute Gasteiger partial charge is 0.269 e. The van der Waals surface area contributed by atoms with Crippen molar-refractivity contribution in [3.05, 3.63) is 29.0 Å². The molecule has 1 aliphatic carbocycles. The van der Waals surface area contributed by atoms with Crippen LogP contribution in [0, 0.1) is 0 Å². The minimum Gasteiger partial charge on any atom is -0.349 e. The number of hydrogen-bond donors (Lipinski definition) is 1. The number of carbonyl (C=O) groups excluding carboxylic acids is 1. The molecule has 1 aromatic rings. The molecule has 0 atom stereocenters. The lowest BCUT2D eigenvalue weighted by Crippen LogP contribution is -2.45. The van der Waals surface area contributed by atoms with Crippen LogP contribution in [0.4, 0.5) is 0 Å². The highest BCUT2D eigenvalue weighted by molar-refractivity contribution is 8.00. The second kappa shape index (κ2) is 5.27. The van der Waals surface area contributed by atoms with E-state index in [4.69, 9.17) is 11.6 Å². The van der Waals surface area contributed by atoms with Gasteiger partial charge in [-0.05, 0) is 31.2 Å². The SMILES string of the molecule is CSC1(CNC(=O)c2cccc(Cl)n2)CCC1. The van der Waals surface area contributed by atoms with Crippen LogP contribution in [0.1, 0.15) is 29.8 Å². The Kier molecular flexibility index (Phi) is 3.94. The summed E-state index contributed by atoms with van der Waals surface area (Å²) in [5.74, 6) is -0.146. The number of halogens is 1. The monoisotopic (exact) mass is 270 g/mol. The fourth-order valence-electron chi connectivity index (χ4n) is 1.89. The fraction of sp³-hybridized carbons (Fsp3) is 0.500. The second-order valence-corrected chi connectivity index (χ2v) is 5.93. The van der Waals surface area contributed by atoms with Gasteiger partial charge < -0.3 is 5.32 Å². The molecule has 1 heterocycles. The van der Waals surface area contributed by atoms with Crippen LogP contribution in [0.2, 0.25) is 5.15 Å². The topological polar surface area (TPSA) is 42.0 Å². The van der Waals surface area contributed by atoms with Gasteiger partial charge in [-0.25, -0.2) is 4.98 Å². The summed E-state index contributed by atoms with van der Waals surface area (Å²) in [6.07, 6.45) is 5.71. The molecule has 2 rings (SSSR count). The first-order valence-electron chi connectivity index (χ1n) is 5.61. The Morgan fingerprint density at radius 1 is 1.59 bits per heavy atom. The number of thioether (sulfide) groups is 1. The normalized spacial score (nSPS) is 17.3. The third-order valence-electron chi connectivity index (χ3n) is 3.22. The molecule has 92 valence electrons. The number of nitrogens with one attached hydrogen (secondary N) is 1. The molecule has 1 N–H and O–H groups in total. The molecule has 1 fully saturated rings. The Labute approximate surface area is 110 Å². The lowest BCUT2D eigenvalue weighted by atomic mass is 9.84. The van der Waals surface area contributed by atoms with Crippen molar-refractivity contribution in [1.29, 1.82) is 0 Å². The van der Waals surface area contributed by atoms with Crippen molar-refractivity contribution in [3.8, 4) is 0 Å². The van der Waals surface area contributed by atoms with E-state index in [1.165, 1.54) is 19.3 Å². The van der Waals surface area contributed by atoms with E-state index >= 15 is 0 Å². The highest BCUT2D eigenvalue weighted by atomic mass is 35.5. The van der Waals surface area contributed by atoms with E-state index < -0.39 is 0 Å². The molecule has 1 amide bonds. The summed E-state index contributed by atoms with van der Waals surface area (Å²) < 4.78 is 0.244. The van der Waals surface area contributed by atoms with Crippen LogP contribution in [0.15, 0.2) is 18.2 Å². The van der Waals surface area contributed by atoms with Crippen LogP contribution in [-0.2, 0) is 0 Å². The predicted octanol–water partition coefficient (Wildman–Crippen LogP) is 2.75. The van der Waals surface area contributed by atoms with Crippen LogP contribution in [0.3, 0.4) is 0 Å². The van der Waals surface area contributed by atoms with Gasteiger partial charge in [-0.2, -0.15) is 11.8 Å². The van der Waals surface area contributed by atoms with Gasteiger partial charge in [0.25, 0.3) is 5.91 Å². The van der Waals surface area contributed by atoms with Crippen molar-refractivity contribution in [1.82, 2.24) is 10.3 Å². The standard InChI is InChI=1S/C12H15ClN2OS/c1-17-12(6-3-7-12)8-14-11(16)9-4-2-5-10(13)15-9/h2,4-5H,3,6-8H2,1H3,(H,14,16). The molecule has 5 heteroatoms. The van der Waals surface area contributed by atoms with E-state index in [-0.39, 0.29) is 10.7 Å². The number of pyridine rings is 1. The van der Waals surface area contributed by atoms with Crippen LogP contribution >= 0.6 is 23.4 Å². The lowest BCUT2D eigenvalue weighted by Gasteiger charge is -2.40. The van der Waals surface area contributed by atoms with E-state index in [0.29, 0.717) is 17.4 Å². The number of amides is 1. The van der Waals surface area contributed by atoms with E-state index in [2.05, 4.69) is 16.6 Å². The van der Waals surface area contributed by atoms with Gasteiger partial charge in [0.15, 0.2) is 0 Å². The van der Waals surface area contributed by atoms with E-state index in [0.717, 1.165) is 0 Å². The van der Waals surface area contributed by atoms with E-state index in [1.54, 1.807) is 18.2 Å². The molecular weight excluding hydrogens is 256 g/mol. The number of aromatic nitrogens is 1. The number of nitrogens with zero attached hydrogens (tertiary/aromatic N) is 1. The maximum absolute atomic E-state index is 11.9. The third-order valence-corrected chi connectivity index (χ3v) is 4.85.